The number of aliphatic hydroxyl groups is 1. The monoisotopic (exact) mass is 304 g/mol. The fraction of sp³-hybridized carbons (Fsp3) is 0.529. The van der Waals surface area contributed by atoms with Crippen LogP contribution in [0.3, 0.4) is 0 Å². The van der Waals surface area contributed by atoms with Gasteiger partial charge in [0.05, 0.1) is 6.61 Å². The molecular weight excluding hydrogens is 280 g/mol. The first-order valence-electron chi connectivity index (χ1n) is 7.98. The fourth-order valence-corrected chi connectivity index (χ4v) is 2.69. The van der Waals surface area contributed by atoms with Crippen molar-refractivity contribution in [2.75, 3.05) is 25.0 Å². The SMILES string of the molecule is CCCCCN(CCO)C(=O)c1ccc2c(c1)CCC(=O)N2. The van der Waals surface area contributed by atoms with Gasteiger partial charge < -0.3 is 15.3 Å². The Morgan fingerprint density at radius 3 is 2.82 bits per heavy atom. The van der Waals surface area contributed by atoms with Crippen LogP contribution < -0.4 is 5.32 Å². The van der Waals surface area contributed by atoms with Gasteiger partial charge in [-0.05, 0) is 36.6 Å². The minimum Gasteiger partial charge on any atom is -0.395 e. The van der Waals surface area contributed by atoms with E-state index in [0.29, 0.717) is 31.5 Å². The van der Waals surface area contributed by atoms with Crippen LogP contribution in [0.1, 0.15) is 48.5 Å². The van der Waals surface area contributed by atoms with Crippen molar-refractivity contribution in [3.63, 3.8) is 0 Å². The Bertz CT molecular complexity index is 543. The summed E-state index contributed by atoms with van der Waals surface area (Å²) >= 11 is 0. The molecule has 0 fully saturated rings. The molecule has 1 heterocycles. The third-order valence-electron chi connectivity index (χ3n) is 3.94. The number of nitrogens with one attached hydrogen (secondary N) is 1. The minimum atomic E-state index is -0.0511. The van der Waals surface area contributed by atoms with E-state index in [1.54, 1.807) is 17.0 Å². The van der Waals surface area contributed by atoms with Crippen LogP contribution in [0.4, 0.5) is 5.69 Å². The Morgan fingerprint density at radius 2 is 2.09 bits per heavy atom. The van der Waals surface area contributed by atoms with E-state index in [-0.39, 0.29) is 18.4 Å². The second kappa shape index (κ2) is 7.94. The van der Waals surface area contributed by atoms with Crippen LogP contribution in [0.5, 0.6) is 0 Å². The maximum absolute atomic E-state index is 12.6. The molecule has 0 radical (unpaired) electrons. The molecule has 1 aliphatic rings. The second-order valence-corrected chi connectivity index (χ2v) is 5.64. The first-order chi connectivity index (χ1) is 10.7. The Labute approximate surface area is 131 Å². The smallest absolute Gasteiger partial charge is 0.253 e. The van der Waals surface area contributed by atoms with Crippen molar-refractivity contribution in [3.8, 4) is 0 Å². The number of unbranched alkanes of at least 4 members (excludes halogenated alkanes) is 2. The van der Waals surface area contributed by atoms with E-state index in [4.69, 9.17) is 5.11 Å². The quantitative estimate of drug-likeness (QED) is 0.759. The lowest BCUT2D eigenvalue weighted by Crippen LogP contribution is -2.34. The van der Waals surface area contributed by atoms with Crippen LogP contribution in [-0.2, 0) is 11.2 Å². The van der Waals surface area contributed by atoms with E-state index in [1.165, 1.54) is 0 Å². The third-order valence-corrected chi connectivity index (χ3v) is 3.94. The number of hydrogen-bond donors (Lipinski definition) is 2. The Hall–Kier alpha value is -1.88. The lowest BCUT2D eigenvalue weighted by atomic mass is 10.00. The Kier molecular flexibility index (Phi) is 5.95. The van der Waals surface area contributed by atoms with E-state index in [9.17, 15) is 9.59 Å². The predicted molar refractivity (Wildman–Crippen MR) is 85.9 cm³/mol. The highest BCUT2D eigenvalue weighted by molar-refractivity contribution is 5.97. The first-order valence-corrected chi connectivity index (χ1v) is 7.98. The molecule has 0 aliphatic carbocycles. The lowest BCUT2D eigenvalue weighted by molar-refractivity contribution is -0.116. The van der Waals surface area contributed by atoms with Crippen molar-refractivity contribution in [3.05, 3.63) is 29.3 Å². The van der Waals surface area contributed by atoms with Gasteiger partial charge in [-0.1, -0.05) is 19.8 Å². The van der Waals surface area contributed by atoms with Crippen molar-refractivity contribution < 1.29 is 14.7 Å². The largest absolute Gasteiger partial charge is 0.395 e. The molecule has 2 amide bonds. The number of amides is 2. The van der Waals surface area contributed by atoms with E-state index in [1.807, 2.05) is 6.07 Å². The number of rotatable bonds is 7. The van der Waals surface area contributed by atoms with Crippen molar-refractivity contribution in [2.45, 2.75) is 39.0 Å². The highest BCUT2D eigenvalue weighted by Crippen LogP contribution is 2.24. The molecule has 1 aliphatic heterocycles. The molecule has 0 saturated carbocycles. The highest BCUT2D eigenvalue weighted by Gasteiger charge is 2.19. The number of aryl methyl sites for hydroxylation is 1. The summed E-state index contributed by atoms with van der Waals surface area (Å²) in [6, 6.07) is 5.40. The summed E-state index contributed by atoms with van der Waals surface area (Å²) in [5, 5.41) is 12.0. The van der Waals surface area contributed by atoms with E-state index >= 15 is 0 Å². The van der Waals surface area contributed by atoms with Gasteiger partial charge in [0, 0.05) is 30.8 Å². The molecule has 0 saturated heterocycles. The van der Waals surface area contributed by atoms with Gasteiger partial charge in [0.1, 0.15) is 0 Å². The first kappa shape index (κ1) is 16.5. The summed E-state index contributed by atoms with van der Waals surface area (Å²) in [6.45, 7) is 3.12. The van der Waals surface area contributed by atoms with E-state index in [0.717, 1.165) is 30.5 Å². The molecule has 22 heavy (non-hydrogen) atoms. The molecule has 1 aromatic rings. The summed E-state index contributed by atoms with van der Waals surface area (Å²) in [4.78, 5) is 25.7. The van der Waals surface area contributed by atoms with Gasteiger partial charge in [-0.2, -0.15) is 0 Å². The number of aliphatic hydroxyl groups excluding tert-OH is 1. The molecule has 0 bridgehead atoms. The van der Waals surface area contributed by atoms with Crippen LogP contribution >= 0.6 is 0 Å². The second-order valence-electron chi connectivity index (χ2n) is 5.64. The van der Waals surface area contributed by atoms with Gasteiger partial charge in [0.2, 0.25) is 5.91 Å². The van der Waals surface area contributed by atoms with Crippen LogP contribution in [-0.4, -0.2) is 41.5 Å². The summed E-state index contributed by atoms with van der Waals surface area (Å²) in [7, 11) is 0. The zero-order valence-electron chi connectivity index (χ0n) is 13.1. The zero-order chi connectivity index (χ0) is 15.9. The number of nitrogens with zero attached hydrogens (tertiary/aromatic N) is 1. The maximum Gasteiger partial charge on any atom is 0.253 e. The molecular formula is C17H24N2O3. The zero-order valence-corrected chi connectivity index (χ0v) is 13.1. The topological polar surface area (TPSA) is 69.6 Å². The number of hydrogen-bond acceptors (Lipinski definition) is 3. The molecule has 1 aromatic carbocycles. The molecule has 2 rings (SSSR count). The van der Waals surface area contributed by atoms with Crippen LogP contribution in [0.25, 0.3) is 0 Å². The van der Waals surface area contributed by atoms with Crippen LogP contribution in [0.15, 0.2) is 18.2 Å². The van der Waals surface area contributed by atoms with Crippen molar-refractivity contribution in [2.24, 2.45) is 0 Å². The molecule has 5 nitrogen and oxygen atoms in total. The van der Waals surface area contributed by atoms with Crippen molar-refractivity contribution in [1.82, 2.24) is 4.90 Å². The van der Waals surface area contributed by atoms with E-state index in [2.05, 4.69) is 12.2 Å². The molecule has 2 N–H and O–H groups in total. The van der Waals surface area contributed by atoms with Crippen LogP contribution in [0.2, 0.25) is 0 Å². The van der Waals surface area contributed by atoms with Crippen LogP contribution in [0, 0.1) is 0 Å². The Balaban J connectivity index is 2.11. The number of benzene rings is 1. The number of anilines is 1. The van der Waals surface area contributed by atoms with Gasteiger partial charge in [-0.25, -0.2) is 0 Å². The third kappa shape index (κ3) is 4.07. The number of carbonyl (C=O) groups is 2. The average Bonchev–Trinajstić information content (AvgIpc) is 2.53. The molecule has 120 valence electrons. The Morgan fingerprint density at radius 1 is 1.27 bits per heavy atom. The average molecular weight is 304 g/mol. The molecule has 0 spiro atoms. The summed E-state index contributed by atoms with van der Waals surface area (Å²) in [6.07, 6.45) is 4.24. The number of fused-ring (bicyclic) bond motifs is 1. The normalized spacial score (nSPS) is 13.5. The van der Waals surface area contributed by atoms with Crippen molar-refractivity contribution >= 4 is 17.5 Å². The molecule has 0 unspecified atom stereocenters. The summed E-state index contributed by atoms with van der Waals surface area (Å²) in [5.74, 6) is -0.0297. The lowest BCUT2D eigenvalue weighted by Gasteiger charge is -2.23. The van der Waals surface area contributed by atoms with Gasteiger partial charge in [-0.3, -0.25) is 9.59 Å². The molecule has 5 heteroatoms. The fourth-order valence-electron chi connectivity index (χ4n) is 2.69. The van der Waals surface area contributed by atoms with E-state index < -0.39 is 0 Å². The number of carbonyl (C=O) groups excluding carboxylic acids is 2. The minimum absolute atomic E-state index is 0.0213. The maximum atomic E-state index is 12.6. The van der Waals surface area contributed by atoms with Gasteiger partial charge in [0.25, 0.3) is 5.91 Å². The summed E-state index contributed by atoms with van der Waals surface area (Å²) < 4.78 is 0. The van der Waals surface area contributed by atoms with Gasteiger partial charge in [-0.15, -0.1) is 0 Å². The molecule has 0 aromatic heterocycles. The standard InChI is InChI=1S/C17H24N2O3/c1-2-3-4-9-19(10-11-20)17(22)14-5-7-15-13(12-14)6-8-16(21)18-15/h5,7,12,20H,2-4,6,8-11H2,1H3,(H,18,21). The van der Waals surface area contributed by atoms with Gasteiger partial charge in [0.15, 0.2) is 0 Å². The van der Waals surface area contributed by atoms with Crippen molar-refractivity contribution in [1.29, 1.82) is 0 Å². The molecule has 0 atom stereocenters. The highest BCUT2D eigenvalue weighted by atomic mass is 16.3. The summed E-state index contributed by atoms with van der Waals surface area (Å²) in [5.41, 5.74) is 2.43. The van der Waals surface area contributed by atoms with Gasteiger partial charge >= 0.3 is 0 Å². The predicted octanol–water partition coefficient (Wildman–Crippen LogP) is 2.20.